The molecule has 5 atom stereocenters. The molecule has 4 aliphatic rings. The maximum atomic E-state index is 13.2. The van der Waals surface area contributed by atoms with Gasteiger partial charge in [-0.2, -0.15) is 0 Å². The molecule has 0 aliphatic heterocycles. The number of esters is 1. The van der Waals surface area contributed by atoms with Crippen molar-refractivity contribution in [3.8, 4) is 0 Å². The third-order valence-corrected chi connectivity index (χ3v) is 9.55. The van der Waals surface area contributed by atoms with E-state index in [1.54, 1.807) is 6.92 Å². The van der Waals surface area contributed by atoms with Crippen LogP contribution in [0.5, 0.6) is 0 Å². The molecule has 1 aromatic rings. The van der Waals surface area contributed by atoms with Gasteiger partial charge in [-0.1, -0.05) is 24.6 Å². The number of nitrogens with zero attached hydrogens (tertiary/aromatic N) is 1. The van der Waals surface area contributed by atoms with Crippen molar-refractivity contribution in [1.29, 1.82) is 0 Å². The summed E-state index contributed by atoms with van der Waals surface area (Å²) in [6, 6.07) is 8.76. The van der Waals surface area contributed by atoms with Crippen molar-refractivity contribution in [3.63, 3.8) is 0 Å². The zero-order chi connectivity index (χ0) is 25.1. The summed E-state index contributed by atoms with van der Waals surface area (Å²) in [4.78, 5) is 39.8. The van der Waals surface area contributed by atoms with Crippen molar-refractivity contribution >= 4 is 23.2 Å². The number of ether oxygens (including phenoxy) is 1. The Morgan fingerprint density at radius 3 is 2.37 bits per heavy atom. The molecule has 0 spiro atoms. The molecule has 35 heavy (non-hydrogen) atoms. The Hall–Kier alpha value is -2.69. The lowest BCUT2D eigenvalue weighted by atomic mass is 9.50. The monoisotopic (exact) mass is 475 g/mol. The smallest absolute Gasteiger partial charge is 0.303 e. The van der Waals surface area contributed by atoms with Crippen LogP contribution in [0.15, 0.2) is 47.1 Å². The number of benzene rings is 1. The number of anilines is 1. The van der Waals surface area contributed by atoms with Crippen molar-refractivity contribution in [2.45, 2.75) is 77.2 Å². The highest BCUT2D eigenvalue weighted by atomic mass is 16.6. The molecular weight excluding hydrogens is 438 g/mol. The molecule has 4 aliphatic carbocycles. The third kappa shape index (κ3) is 3.61. The number of carbonyl (C=O) groups is 3. The summed E-state index contributed by atoms with van der Waals surface area (Å²) in [5.41, 5.74) is 4.98. The Labute approximate surface area is 208 Å². The fraction of sp³-hybridized carbons (Fsp3) is 0.567. The molecule has 0 bridgehead atoms. The summed E-state index contributed by atoms with van der Waals surface area (Å²) in [5.74, 6) is 0.584. The molecule has 2 fully saturated rings. The van der Waals surface area contributed by atoms with E-state index in [9.17, 15) is 14.4 Å². The fourth-order valence-corrected chi connectivity index (χ4v) is 8.02. The van der Waals surface area contributed by atoms with Gasteiger partial charge < -0.3 is 9.64 Å². The molecule has 0 aromatic heterocycles. The largest absolute Gasteiger partial charge is 0.451 e. The minimum atomic E-state index is -1.07. The second-order valence-corrected chi connectivity index (χ2v) is 11.5. The number of Topliss-reactive ketones (excluding diaryl/α,β-unsaturated/α-hetero) is 1. The fourth-order valence-electron chi connectivity index (χ4n) is 8.02. The van der Waals surface area contributed by atoms with Crippen molar-refractivity contribution in [1.82, 2.24) is 0 Å². The average molecular weight is 476 g/mol. The second kappa shape index (κ2) is 8.46. The Morgan fingerprint density at radius 1 is 1.03 bits per heavy atom. The zero-order valence-electron chi connectivity index (χ0n) is 21.6. The molecule has 5 nitrogen and oxygen atoms in total. The number of rotatable bonds is 4. The molecule has 2 saturated carbocycles. The minimum absolute atomic E-state index is 0.0323. The van der Waals surface area contributed by atoms with Gasteiger partial charge in [-0.3, -0.25) is 14.4 Å². The van der Waals surface area contributed by atoms with Gasteiger partial charge in [-0.15, -0.1) is 0 Å². The highest BCUT2D eigenvalue weighted by Gasteiger charge is 2.67. The zero-order valence-corrected chi connectivity index (χ0v) is 21.6. The quantitative estimate of drug-likeness (QED) is 0.535. The van der Waals surface area contributed by atoms with E-state index >= 15 is 0 Å². The maximum Gasteiger partial charge on any atom is 0.303 e. The van der Waals surface area contributed by atoms with Crippen LogP contribution in [0.25, 0.3) is 0 Å². The number of fused-ring (bicyclic) bond motifs is 4. The predicted molar refractivity (Wildman–Crippen MR) is 136 cm³/mol. The molecule has 0 amide bonds. The lowest BCUT2D eigenvalue weighted by Gasteiger charge is -2.55. The molecule has 5 rings (SSSR count). The van der Waals surface area contributed by atoms with Gasteiger partial charge in [0.05, 0.1) is 0 Å². The highest BCUT2D eigenvalue weighted by Crippen LogP contribution is 2.67. The number of carbonyl (C=O) groups excluding carboxylic acids is 3. The van der Waals surface area contributed by atoms with Gasteiger partial charge in [0.1, 0.15) is 0 Å². The van der Waals surface area contributed by atoms with Crippen molar-refractivity contribution < 1.29 is 19.1 Å². The van der Waals surface area contributed by atoms with E-state index in [-0.39, 0.29) is 29.4 Å². The SMILES string of the molecule is CC(=O)O[C@]1(C(C)=O)CC[C@@H]2[C@H]3CCC4=CC(=O)CCC4=C3[C@H](c3ccc(N(C)C)cc3)C[C@@]21C. The van der Waals surface area contributed by atoms with E-state index in [1.807, 2.05) is 20.2 Å². The van der Waals surface area contributed by atoms with Crippen molar-refractivity contribution in [3.05, 3.63) is 52.6 Å². The Kier molecular flexibility index (Phi) is 5.81. The van der Waals surface area contributed by atoms with E-state index in [1.165, 1.54) is 29.2 Å². The first-order chi connectivity index (χ1) is 16.6. The lowest BCUT2D eigenvalue weighted by molar-refractivity contribution is -0.182. The molecule has 0 unspecified atom stereocenters. The molecule has 0 saturated heterocycles. The van der Waals surface area contributed by atoms with Gasteiger partial charge >= 0.3 is 5.97 Å². The second-order valence-electron chi connectivity index (χ2n) is 11.5. The molecule has 1 aromatic carbocycles. The van der Waals surface area contributed by atoms with E-state index in [2.05, 4.69) is 36.1 Å². The lowest BCUT2D eigenvalue weighted by Crippen LogP contribution is -2.57. The van der Waals surface area contributed by atoms with E-state index in [0.29, 0.717) is 18.8 Å². The van der Waals surface area contributed by atoms with Crippen molar-refractivity contribution in [2.24, 2.45) is 17.3 Å². The van der Waals surface area contributed by atoms with Gasteiger partial charge in [0.2, 0.25) is 0 Å². The molecule has 0 radical (unpaired) electrons. The number of ketones is 2. The summed E-state index contributed by atoms with van der Waals surface area (Å²) in [6.45, 7) is 5.22. The van der Waals surface area contributed by atoms with Gasteiger partial charge in [0.25, 0.3) is 0 Å². The normalized spacial score (nSPS) is 33.9. The van der Waals surface area contributed by atoms with Gasteiger partial charge in [0, 0.05) is 44.5 Å². The van der Waals surface area contributed by atoms with Crippen molar-refractivity contribution in [2.75, 3.05) is 19.0 Å². The van der Waals surface area contributed by atoms with Gasteiger partial charge in [-0.25, -0.2) is 0 Å². The maximum absolute atomic E-state index is 13.2. The van der Waals surface area contributed by atoms with Crippen LogP contribution in [0, 0.1) is 17.3 Å². The molecule has 0 N–H and O–H groups in total. The third-order valence-electron chi connectivity index (χ3n) is 9.55. The van der Waals surface area contributed by atoms with Gasteiger partial charge in [-0.05, 0) is 92.2 Å². The Morgan fingerprint density at radius 2 is 1.74 bits per heavy atom. The van der Waals surface area contributed by atoms with Crippen LogP contribution in [-0.2, 0) is 19.1 Å². The van der Waals surface area contributed by atoms with Crippen LogP contribution in [0.4, 0.5) is 5.69 Å². The molecular formula is C30H37NO4. The summed E-state index contributed by atoms with van der Waals surface area (Å²) >= 11 is 0. The molecule has 0 heterocycles. The summed E-state index contributed by atoms with van der Waals surface area (Å²) < 4.78 is 6.00. The molecule has 5 heteroatoms. The summed E-state index contributed by atoms with van der Waals surface area (Å²) in [5, 5.41) is 0. The van der Waals surface area contributed by atoms with E-state index < -0.39 is 11.0 Å². The van der Waals surface area contributed by atoms with Crippen LogP contribution >= 0.6 is 0 Å². The predicted octanol–water partition coefficient (Wildman–Crippen LogP) is 5.54. The van der Waals surface area contributed by atoms with E-state index in [4.69, 9.17) is 4.74 Å². The average Bonchev–Trinajstić information content (AvgIpc) is 3.10. The van der Waals surface area contributed by atoms with Crippen LogP contribution in [-0.4, -0.2) is 37.2 Å². The Bertz CT molecular complexity index is 1140. The Balaban J connectivity index is 1.68. The van der Waals surface area contributed by atoms with Crippen LogP contribution in [0.1, 0.15) is 77.2 Å². The first kappa shape index (κ1) is 24.0. The first-order valence-electron chi connectivity index (χ1n) is 13.0. The highest BCUT2D eigenvalue weighted by molar-refractivity contribution is 5.93. The topological polar surface area (TPSA) is 63.7 Å². The summed E-state index contributed by atoms with van der Waals surface area (Å²) in [7, 11) is 4.08. The van der Waals surface area contributed by atoms with Crippen LogP contribution in [0.3, 0.4) is 0 Å². The number of hydrogen-bond acceptors (Lipinski definition) is 5. The van der Waals surface area contributed by atoms with Crippen LogP contribution < -0.4 is 4.90 Å². The molecule has 186 valence electrons. The van der Waals surface area contributed by atoms with E-state index in [0.717, 1.165) is 37.8 Å². The first-order valence-corrected chi connectivity index (χ1v) is 13.0. The van der Waals surface area contributed by atoms with Crippen LogP contribution in [0.2, 0.25) is 0 Å². The number of allylic oxidation sites excluding steroid dienone is 4. The minimum Gasteiger partial charge on any atom is -0.451 e. The van der Waals surface area contributed by atoms with Gasteiger partial charge in [0.15, 0.2) is 17.2 Å². The number of hydrogen-bond donors (Lipinski definition) is 0. The standard InChI is InChI=1S/C30H37NO4/c1-18(32)30(35-19(2)33)15-14-27-25-12-8-21-16-23(34)11-13-24(21)28(25)26(17-29(27,30)3)20-6-9-22(10-7-20)31(4)5/h6-7,9-10,16,25-27H,8,11-15,17H2,1-5H3/t25-,26+,27-,29+,30+/m1/s1. The summed E-state index contributed by atoms with van der Waals surface area (Å²) in [6.07, 6.45) is 7.41.